The van der Waals surface area contributed by atoms with Gasteiger partial charge >= 0.3 is 0 Å². The van der Waals surface area contributed by atoms with E-state index < -0.39 is 17.4 Å². The van der Waals surface area contributed by atoms with Crippen LogP contribution in [0.1, 0.15) is 47.7 Å². The number of nitrogens with zero attached hydrogens (tertiary/aromatic N) is 2. The summed E-state index contributed by atoms with van der Waals surface area (Å²) in [5.41, 5.74) is 1.04. The van der Waals surface area contributed by atoms with E-state index >= 15 is 0 Å². The molecule has 0 aromatic heterocycles. The Kier molecular flexibility index (Phi) is 9.53. The summed E-state index contributed by atoms with van der Waals surface area (Å²) in [6, 6.07) is 19.3. The predicted molar refractivity (Wildman–Crippen MR) is 171 cm³/mol. The van der Waals surface area contributed by atoms with Crippen LogP contribution in [0.5, 0.6) is 5.75 Å². The van der Waals surface area contributed by atoms with Gasteiger partial charge in [-0.3, -0.25) is 14.4 Å². The van der Waals surface area contributed by atoms with Crippen LogP contribution in [0.25, 0.3) is 0 Å². The number of methoxy groups -OCH3 is 1. The van der Waals surface area contributed by atoms with Gasteiger partial charge in [-0.2, -0.15) is 0 Å². The van der Waals surface area contributed by atoms with Crippen molar-refractivity contribution in [3.8, 4) is 5.75 Å². The third-order valence-electron chi connectivity index (χ3n) is 8.39. The second-order valence-corrected chi connectivity index (χ2v) is 12.1. The fourth-order valence-corrected chi connectivity index (χ4v) is 6.30. The number of fused-ring (bicyclic) bond motifs is 1. The van der Waals surface area contributed by atoms with Crippen LogP contribution in [0.15, 0.2) is 83.4 Å². The average Bonchev–Trinajstić information content (AvgIpc) is 3.59. The Morgan fingerprint density at radius 2 is 1.93 bits per heavy atom. The van der Waals surface area contributed by atoms with E-state index in [1.165, 1.54) is 0 Å². The van der Waals surface area contributed by atoms with Crippen LogP contribution < -0.4 is 15.0 Å². The minimum Gasteiger partial charge on any atom is -0.497 e. The number of rotatable bonds is 10. The van der Waals surface area contributed by atoms with E-state index in [1.807, 2.05) is 12.1 Å². The summed E-state index contributed by atoms with van der Waals surface area (Å²) < 4.78 is 5.88. The number of likely N-dealkylation sites (tertiary alicyclic amines) is 1. The van der Waals surface area contributed by atoms with Crippen molar-refractivity contribution in [2.75, 3.05) is 30.5 Å². The van der Waals surface area contributed by atoms with Crippen LogP contribution in [0.2, 0.25) is 0 Å². The molecule has 44 heavy (non-hydrogen) atoms. The molecule has 2 heterocycles. The normalized spacial score (nSPS) is 20.2. The van der Waals surface area contributed by atoms with E-state index in [0.29, 0.717) is 34.8 Å². The molecule has 5 rings (SSSR count). The number of carbonyl (C=O) groups excluding carboxylic acids is 3. The Hall–Kier alpha value is -3.99. The largest absolute Gasteiger partial charge is 0.497 e. The summed E-state index contributed by atoms with van der Waals surface area (Å²) in [4.78, 5) is 42.8. The predicted octanol–water partition coefficient (Wildman–Crippen LogP) is 5.01. The number of amides is 3. The van der Waals surface area contributed by atoms with Gasteiger partial charge in [-0.1, -0.05) is 47.1 Å². The lowest BCUT2D eigenvalue weighted by Crippen LogP contribution is -2.44. The molecule has 0 aliphatic carbocycles. The molecule has 230 valence electrons. The zero-order valence-electron chi connectivity index (χ0n) is 24.7. The lowest BCUT2D eigenvalue weighted by atomic mass is 9.83. The summed E-state index contributed by atoms with van der Waals surface area (Å²) in [5, 5.41) is 24.4. The molecule has 3 aromatic carbocycles. The van der Waals surface area contributed by atoms with Gasteiger partial charge in [0.15, 0.2) is 5.60 Å². The van der Waals surface area contributed by atoms with Crippen molar-refractivity contribution in [2.45, 2.75) is 44.4 Å². The minimum absolute atomic E-state index is 0.0560. The number of nitrogens with one attached hydrogen (secondary N) is 1. The first-order valence-electron chi connectivity index (χ1n) is 14.6. The number of hydrogen-bond acceptors (Lipinski definition) is 6. The molecule has 0 saturated carbocycles. The van der Waals surface area contributed by atoms with Crippen molar-refractivity contribution in [1.82, 2.24) is 4.90 Å². The Bertz CT molecular complexity index is 1580. The monoisotopic (exact) mass is 661 g/mol. The number of benzene rings is 3. The van der Waals surface area contributed by atoms with Crippen LogP contribution in [0.3, 0.4) is 0 Å². The summed E-state index contributed by atoms with van der Waals surface area (Å²) in [6.07, 6.45) is 5.18. The van der Waals surface area contributed by atoms with Gasteiger partial charge in [-0.25, -0.2) is 0 Å². The van der Waals surface area contributed by atoms with Crippen LogP contribution >= 0.6 is 15.9 Å². The molecule has 9 nitrogen and oxygen atoms in total. The summed E-state index contributed by atoms with van der Waals surface area (Å²) in [5.74, 6) is -0.812. The summed E-state index contributed by atoms with van der Waals surface area (Å²) in [7, 11) is 1.56. The summed E-state index contributed by atoms with van der Waals surface area (Å²) in [6.45, 7) is 2.50. The van der Waals surface area contributed by atoms with Gasteiger partial charge in [0.25, 0.3) is 11.8 Å². The fourth-order valence-electron chi connectivity index (χ4n) is 5.94. The molecule has 1 fully saturated rings. The van der Waals surface area contributed by atoms with Crippen LogP contribution in [0.4, 0.5) is 11.4 Å². The highest BCUT2D eigenvalue weighted by Crippen LogP contribution is 2.46. The molecule has 1 saturated heterocycles. The van der Waals surface area contributed by atoms with E-state index in [2.05, 4.69) is 21.2 Å². The molecule has 0 spiro atoms. The molecule has 3 aromatic rings. The van der Waals surface area contributed by atoms with Gasteiger partial charge < -0.3 is 30.1 Å². The SMILES string of the molecule is COc1ccc(C(=O)Nc2cccc(CN3C(=O)[C@](O)([C@H](C)/C=C/CC(=O)N4CCC[C@H]4CO)c4cc(Br)ccc43)c2)cc1. The summed E-state index contributed by atoms with van der Waals surface area (Å²) >= 11 is 3.48. The highest BCUT2D eigenvalue weighted by molar-refractivity contribution is 9.10. The Morgan fingerprint density at radius 3 is 2.66 bits per heavy atom. The third kappa shape index (κ3) is 6.29. The lowest BCUT2D eigenvalue weighted by molar-refractivity contribution is -0.139. The van der Waals surface area contributed by atoms with E-state index in [-0.39, 0.29) is 37.4 Å². The molecule has 2 aliphatic heterocycles. The molecule has 2 aliphatic rings. The van der Waals surface area contributed by atoms with Gasteiger partial charge in [-0.15, -0.1) is 0 Å². The van der Waals surface area contributed by atoms with Crippen molar-refractivity contribution < 1.29 is 29.3 Å². The van der Waals surface area contributed by atoms with Gasteiger partial charge in [0, 0.05) is 40.2 Å². The number of hydrogen-bond donors (Lipinski definition) is 3. The van der Waals surface area contributed by atoms with Crippen LogP contribution in [-0.2, 0) is 21.7 Å². The number of aliphatic hydroxyl groups excluding tert-OH is 1. The van der Waals surface area contributed by atoms with E-state index in [4.69, 9.17) is 4.74 Å². The highest BCUT2D eigenvalue weighted by Gasteiger charge is 2.52. The Balaban J connectivity index is 1.32. The second-order valence-electron chi connectivity index (χ2n) is 11.2. The van der Waals surface area contributed by atoms with Crippen molar-refractivity contribution in [1.29, 1.82) is 0 Å². The fraction of sp³-hybridized carbons (Fsp3) is 0.324. The standard InChI is InChI=1S/C34H36BrN3O6/c1-22(6-3-10-31(40)37-17-5-9-27(37)21-39)34(43)29-19-25(35)13-16-30(29)38(33(34)42)20-23-7-4-8-26(18-23)36-32(41)24-11-14-28(44-2)15-12-24/h3-4,6-8,11-16,18-19,22,27,39,43H,5,9-10,17,20-21H2,1-2H3,(H,36,41)/b6-3+/t22-,27+,34+/m1/s1. The Labute approximate surface area is 265 Å². The third-order valence-corrected chi connectivity index (χ3v) is 8.89. The first kappa shape index (κ1) is 31.4. The molecule has 10 heteroatoms. The van der Waals surface area contributed by atoms with Crippen molar-refractivity contribution in [3.05, 3.63) is 100 Å². The molecule has 3 amide bonds. The van der Waals surface area contributed by atoms with Gasteiger partial charge in [0.2, 0.25) is 5.91 Å². The lowest BCUT2D eigenvalue weighted by Gasteiger charge is -2.28. The second kappa shape index (κ2) is 13.3. The number of carbonyl (C=O) groups is 3. The Morgan fingerprint density at radius 1 is 1.16 bits per heavy atom. The number of ether oxygens (including phenoxy) is 1. The van der Waals surface area contributed by atoms with Crippen molar-refractivity contribution in [2.24, 2.45) is 5.92 Å². The maximum atomic E-state index is 14.0. The van der Waals surface area contributed by atoms with E-state index in [0.717, 1.165) is 22.9 Å². The number of halogens is 1. The molecule has 0 bridgehead atoms. The van der Waals surface area contributed by atoms with E-state index in [1.54, 1.807) is 90.6 Å². The zero-order chi connectivity index (χ0) is 31.4. The first-order chi connectivity index (χ1) is 21.1. The van der Waals surface area contributed by atoms with Gasteiger partial charge in [0.05, 0.1) is 32.0 Å². The molecular formula is C34H36BrN3O6. The van der Waals surface area contributed by atoms with Crippen molar-refractivity contribution in [3.63, 3.8) is 0 Å². The molecule has 0 unspecified atom stereocenters. The van der Waals surface area contributed by atoms with Crippen LogP contribution in [-0.4, -0.2) is 59.1 Å². The first-order valence-corrected chi connectivity index (χ1v) is 15.4. The minimum atomic E-state index is -1.85. The maximum absolute atomic E-state index is 14.0. The zero-order valence-corrected chi connectivity index (χ0v) is 26.3. The maximum Gasteiger partial charge on any atom is 0.264 e. The molecule has 0 radical (unpaired) electrons. The topological polar surface area (TPSA) is 119 Å². The van der Waals surface area contributed by atoms with Crippen LogP contribution in [0, 0.1) is 5.92 Å². The smallest absolute Gasteiger partial charge is 0.264 e. The number of anilines is 2. The average molecular weight is 663 g/mol. The molecule has 3 N–H and O–H groups in total. The van der Waals surface area contributed by atoms with Crippen molar-refractivity contribution >= 4 is 45.0 Å². The highest BCUT2D eigenvalue weighted by atomic mass is 79.9. The molecular weight excluding hydrogens is 626 g/mol. The van der Waals surface area contributed by atoms with Gasteiger partial charge in [0.1, 0.15) is 5.75 Å². The van der Waals surface area contributed by atoms with Gasteiger partial charge in [-0.05, 0) is 73.0 Å². The molecule has 3 atom stereocenters. The van der Waals surface area contributed by atoms with E-state index in [9.17, 15) is 24.6 Å². The number of aliphatic hydroxyl groups is 2. The quantitative estimate of drug-likeness (QED) is 0.263.